The lowest BCUT2D eigenvalue weighted by molar-refractivity contribution is 0.0678. The lowest BCUT2D eigenvalue weighted by Gasteiger charge is -2.26. The summed E-state index contributed by atoms with van der Waals surface area (Å²) in [6.45, 7) is 4.77. The van der Waals surface area contributed by atoms with Crippen molar-refractivity contribution in [2.24, 2.45) is 0 Å². The van der Waals surface area contributed by atoms with Crippen LogP contribution in [0.15, 0.2) is 42.7 Å². The highest BCUT2D eigenvalue weighted by atomic mass is 16.6. The van der Waals surface area contributed by atoms with Gasteiger partial charge in [-0.25, -0.2) is 0 Å². The summed E-state index contributed by atoms with van der Waals surface area (Å²) in [7, 11) is 0. The Labute approximate surface area is 148 Å². The number of ether oxygens (including phenoxy) is 3. The van der Waals surface area contributed by atoms with E-state index < -0.39 is 0 Å². The van der Waals surface area contributed by atoms with Gasteiger partial charge in [0.1, 0.15) is 13.2 Å². The first-order valence-corrected chi connectivity index (χ1v) is 8.98. The van der Waals surface area contributed by atoms with E-state index in [0.717, 1.165) is 50.6 Å². The zero-order valence-electron chi connectivity index (χ0n) is 14.4. The first-order valence-electron chi connectivity index (χ1n) is 8.98. The van der Waals surface area contributed by atoms with E-state index in [2.05, 4.69) is 28.1 Å². The summed E-state index contributed by atoms with van der Waals surface area (Å²) in [6, 6.07) is 10.3. The molecule has 5 nitrogen and oxygen atoms in total. The fourth-order valence-electron chi connectivity index (χ4n) is 3.46. The van der Waals surface area contributed by atoms with Crippen LogP contribution in [-0.4, -0.2) is 42.4 Å². The van der Waals surface area contributed by atoms with E-state index in [9.17, 15) is 0 Å². The molecule has 5 heteroatoms. The summed E-state index contributed by atoms with van der Waals surface area (Å²) < 4.78 is 17.2. The number of aromatic nitrogens is 1. The smallest absolute Gasteiger partial charge is 0.161 e. The van der Waals surface area contributed by atoms with Crippen molar-refractivity contribution in [1.29, 1.82) is 0 Å². The zero-order valence-corrected chi connectivity index (χ0v) is 14.4. The topological polar surface area (TPSA) is 43.8 Å². The molecule has 0 bridgehead atoms. The van der Waals surface area contributed by atoms with Gasteiger partial charge in [0.05, 0.1) is 6.10 Å². The molecule has 4 rings (SSSR count). The van der Waals surface area contributed by atoms with E-state index in [-0.39, 0.29) is 0 Å². The van der Waals surface area contributed by atoms with Gasteiger partial charge >= 0.3 is 0 Å². The predicted octanol–water partition coefficient (Wildman–Crippen LogP) is 3.03. The van der Waals surface area contributed by atoms with Gasteiger partial charge in [0.2, 0.25) is 0 Å². The molecule has 0 radical (unpaired) electrons. The Morgan fingerprint density at radius 1 is 1.00 bits per heavy atom. The number of hydrogen-bond acceptors (Lipinski definition) is 5. The molecule has 1 atom stereocenters. The minimum absolute atomic E-state index is 0.328. The largest absolute Gasteiger partial charge is 0.486 e. The molecule has 1 aromatic carbocycles. The molecule has 0 spiro atoms. The quantitative estimate of drug-likeness (QED) is 0.809. The van der Waals surface area contributed by atoms with Gasteiger partial charge in [-0.3, -0.25) is 9.88 Å². The highest BCUT2D eigenvalue weighted by molar-refractivity contribution is 5.43. The highest BCUT2D eigenvalue weighted by Gasteiger charge is 2.20. The Morgan fingerprint density at radius 3 is 2.68 bits per heavy atom. The van der Waals surface area contributed by atoms with E-state index in [0.29, 0.717) is 19.3 Å². The van der Waals surface area contributed by atoms with Crippen LogP contribution in [0.4, 0.5) is 0 Å². The third-order valence-corrected chi connectivity index (χ3v) is 4.63. The maximum atomic E-state index is 5.85. The van der Waals surface area contributed by atoms with Crippen molar-refractivity contribution < 1.29 is 14.2 Å². The molecule has 25 heavy (non-hydrogen) atoms. The summed E-state index contributed by atoms with van der Waals surface area (Å²) in [5, 5.41) is 0. The molecule has 0 unspecified atom stereocenters. The van der Waals surface area contributed by atoms with Crippen molar-refractivity contribution in [2.75, 3.05) is 26.4 Å². The second kappa shape index (κ2) is 7.85. The molecule has 0 N–H and O–H groups in total. The van der Waals surface area contributed by atoms with Crippen molar-refractivity contribution >= 4 is 0 Å². The average Bonchev–Trinajstić information content (AvgIpc) is 3.15. The standard InChI is InChI=1S/C20H24N2O3/c1-3-17(12-21-7-1)14-22(15-18-4-2-8-23-18)13-16-5-6-19-20(11-16)25-10-9-24-19/h1,3,5-7,11-12,18H,2,4,8-10,13-15H2/t18-/m1/s1. The molecule has 0 amide bonds. The second-order valence-corrected chi connectivity index (χ2v) is 6.64. The van der Waals surface area contributed by atoms with Crippen LogP contribution < -0.4 is 9.47 Å². The van der Waals surface area contributed by atoms with E-state index in [4.69, 9.17) is 14.2 Å². The lowest BCUT2D eigenvalue weighted by Crippen LogP contribution is -2.31. The maximum absolute atomic E-state index is 5.85. The Balaban J connectivity index is 1.48. The fraction of sp³-hybridized carbons (Fsp3) is 0.450. The van der Waals surface area contributed by atoms with Gasteiger partial charge in [0, 0.05) is 38.6 Å². The van der Waals surface area contributed by atoms with E-state index in [1.807, 2.05) is 24.5 Å². The molecular formula is C20H24N2O3. The van der Waals surface area contributed by atoms with Crippen molar-refractivity contribution in [2.45, 2.75) is 32.0 Å². The second-order valence-electron chi connectivity index (χ2n) is 6.64. The minimum Gasteiger partial charge on any atom is -0.486 e. The molecule has 132 valence electrons. The molecule has 1 saturated heterocycles. The number of rotatable bonds is 6. The number of benzene rings is 1. The Bertz CT molecular complexity index is 687. The monoisotopic (exact) mass is 340 g/mol. The highest BCUT2D eigenvalue weighted by Crippen LogP contribution is 2.31. The Hall–Kier alpha value is -2.11. The third kappa shape index (κ3) is 4.30. The van der Waals surface area contributed by atoms with Gasteiger partial charge in [0.25, 0.3) is 0 Å². The minimum atomic E-state index is 0.328. The molecule has 2 aromatic rings. The van der Waals surface area contributed by atoms with Crippen molar-refractivity contribution in [3.05, 3.63) is 53.9 Å². The van der Waals surface area contributed by atoms with Crippen LogP contribution >= 0.6 is 0 Å². The van der Waals surface area contributed by atoms with Gasteiger partial charge < -0.3 is 14.2 Å². The van der Waals surface area contributed by atoms with Gasteiger partial charge in [-0.05, 0) is 42.2 Å². The number of pyridine rings is 1. The summed E-state index contributed by atoms with van der Waals surface area (Å²) in [5.41, 5.74) is 2.45. The lowest BCUT2D eigenvalue weighted by atomic mass is 10.1. The SMILES string of the molecule is c1cncc(CN(Cc2ccc3c(c2)OCCO3)C[C@H]2CCCO2)c1. The van der Waals surface area contributed by atoms with E-state index in [1.54, 1.807) is 0 Å². The van der Waals surface area contributed by atoms with Crippen LogP contribution in [0.2, 0.25) is 0 Å². The van der Waals surface area contributed by atoms with Crippen LogP contribution in [0.3, 0.4) is 0 Å². The normalized spacial score (nSPS) is 19.3. The molecule has 2 aliphatic heterocycles. The molecule has 1 aromatic heterocycles. The maximum Gasteiger partial charge on any atom is 0.161 e. The van der Waals surface area contributed by atoms with Crippen LogP contribution in [0.25, 0.3) is 0 Å². The molecule has 0 aliphatic carbocycles. The fourth-order valence-corrected chi connectivity index (χ4v) is 3.46. The summed E-state index contributed by atoms with van der Waals surface area (Å²) in [6.07, 6.45) is 6.38. The van der Waals surface area contributed by atoms with Crippen LogP contribution in [0.1, 0.15) is 24.0 Å². The number of nitrogens with zero attached hydrogens (tertiary/aromatic N) is 2. The Morgan fingerprint density at radius 2 is 1.88 bits per heavy atom. The average molecular weight is 340 g/mol. The van der Waals surface area contributed by atoms with Gasteiger partial charge in [-0.15, -0.1) is 0 Å². The molecular weight excluding hydrogens is 316 g/mol. The predicted molar refractivity (Wildman–Crippen MR) is 94.8 cm³/mol. The molecule has 1 fully saturated rings. The molecule has 3 heterocycles. The van der Waals surface area contributed by atoms with Gasteiger partial charge in [0.15, 0.2) is 11.5 Å². The van der Waals surface area contributed by atoms with Gasteiger partial charge in [-0.2, -0.15) is 0 Å². The van der Waals surface area contributed by atoms with Crippen molar-refractivity contribution in [1.82, 2.24) is 9.88 Å². The van der Waals surface area contributed by atoms with Crippen LogP contribution in [-0.2, 0) is 17.8 Å². The first kappa shape index (κ1) is 16.4. The first-order chi connectivity index (χ1) is 12.4. The summed E-state index contributed by atoms with van der Waals surface area (Å²) >= 11 is 0. The third-order valence-electron chi connectivity index (χ3n) is 4.63. The zero-order chi connectivity index (χ0) is 16.9. The summed E-state index contributed by atoms with van der Waals surface area (Å²) in [4.78, 5) is 6.67. The van der Waals surface area contributed by atoms with Crippen LogP contribution in [0.5, 0.6) is 11.5 Å². The van der Waals surface area contributed by atoms with Gasteiger partial charge in [-0.1, -0.05) is 12.1 Å². The number of fused-ring (bicyclic) bond motifs is 1. The molecule has 2 aliphatic rings. The number of hydrogen-bond donors (Lipinski definition) is 0. The Kier molecular flexibility index (Phi) is 5.14. The molecule has 0 saturated carbocycles. The van der Waals surface area contributed by atoms with E-state index >= 15 is 0 Å². The summed E-state index contributed by atoms with van der Waals surface area (Å²) in [5.74, 6) is 1.69. The van der Waals surface area contributed by atoms with Crippen molar-refractivity contribution in [3.8, 4) is 11.5 Å². The van der Waals surface area contributed by atoms with E-state index in [1.165, 1.54) is 11.1 Å². The van der Waals surface area contributed by atoms with Crippen LogP contribution in [0, 0.1) is 0 Å². The van der Waals surface area contributed by atoms with Crippen molar-refractivity contribution in [3.63, 3.8) is 0 Å².